The van der Waals surface area contributed by atoms with Gasteiger partial charge in [0.05, 0.1) is 6.61 Å². The van der Waals surface area contributed by atoms with E-state index in [1.807, 2.05) is 31.2 Å². The first kappa shape index (κ1) is 31.0. The number of hydrogen-bond acceptors (Lipinski definition) is 3. The minimum Gasteiger partial charge on any atom is -0.490 e. The summed E-state index contributed by atoms with van der Waals surface area (Å²) in [5.41, 5.74) is 1.93. The predicted octanol–water partition coefficient (Wildman–Crippen LogP) is 9.71. The first-order valence-corrected chi connectivity index (χ1v) is 14.9. The van der Waals surface area contributed by atoms with E-state index < -0.39 is 23.8 Å². The van der Waals surface area contributed by atoms with Gasteiger partial charge in [0.2, 0.25) is 5.82 Å². The van der Waals surface area contributed by atoms with Gasteiger partial charge in [0.1, 0.15) is 6.10 Å². The number of benzene rings is 2. The lowest BCUT2D eigenvalue weighted by atomic mass is 9.82. The molecular formula is C33H45F3O3. The molecule has 1 aliphatic rings. The van der Waals surface area contributed by atoms with Gasteiger partial charge < -0.3 is 9.47 Å². The van der Waals surface area contributed by atoms with Crippen LogP contribution >= 0.6 is 0 Å². The summed E-state index contributed by atoms with van der Waals surface area (Å²) in [5, 5.41) is 0. The van der Waals surface area contributed by atoms with Crippen molar-refractivity contribution in [2.24, 2.45) is 5.92 Å². The maximum atomic E-state index is 14.9. The molecule has 216 valence electrons. The standard InChI is InChI=1S/C33H45F3O3/c1-4-6-7-8-9-10-11-22-38-29-21-20-28(31(35)32(29)36)26-14-12-24(13-15-26)25-16-18-27(19-17-25)39-33(37)30(34)23(3)5-2/h12-15,20-21,23,25,27,30H,4-11,16-19,22H2,1-3H3/t23-,25-,27-,30-/m0/s1. The van der Waals surface area contributed by atoms with Gasteiger partial charge in [-0.2, -0.15) is 4.39 Å². The van der Waals surface area contributed by atoms with E-state index in [0.717, 1.165) is 37.7 Å². The third kappa shape index (κ3) is 9.01. The highest BCUT2D eigenvalue weighted by Gasteiger charge is 2.30. The number of hydrogen-bond donors (Lipinski definition) is 0. The van der Waals surface area contributed by atoms with Crippen LogP contribution in [0.25, 0.3) is 11.1 Å². The summed E-state index contributed by atoms with van der Waals surface area (Å²) in [6.07, 6.45) is 9.72. The van der Waals surface area contributed by atoms with Crippen molar-refractivity contribution in [1.82, 2.24) is 0 Å². The molecule has 0 bridgehead atoms. The summed E-state index contributed by atoms with van der Waals surface area (Å²) in [6.45, 7) is 6.14. The second kappa shape index (κ2) is 15.9. The molecule has 0 unspecified atom stereocenters. The van der Waals surface area contributed by atoms with Crippen LogP contribution in [0.5, 0.6) is 5.75 Å². The Morgan fingerprint density at radius 3 is 2.15 bits per heavy atom. The second-order valence-corrected chi connectivity index (χ2v) is 11.0. The van der Waals surface area contributed by atoms with Gasteiger partial charge in [-0.15, -0.1) is 0 Å². The average molecular weight is 547 g/mol. The average Bonchev–Trinajstić information content (AvgIpc) is 2.96. The van der Waals surface area contributed by atoms with E-state index in [0.29, 0.717) is 31.4 Å². The van der Waals surface area contributed by atoms with Crippen LogP contribution in [0.3, 0.4) is 0 Å². The SMILES string of the molecule is CCCCCCCCCOc1ccc(-c2ccc([C@H]3CC[C@H](OC(=O)[C@@H](F)[C@@H](C)CC)CC3)cc2)c(F)c1F. The molecule has 0 N–H and O–H groups in total. The summed E-state index contributed by atoms with van der Waals surface area (Å²) in [7, 11) is 0. The van der Waals surface area contributed by atoms with Gasteiger partial charge >= 0.3 is 5.97 Å². The van der Waals surface area contributed by atoms with Crippen molar-refractivity contribution >= 4 is 5.97 Å². The van der Waals surface area contributed by atoms with Gasteiger partial charge in [0.15, 0.2) is 17.7 Å². The lowest BCUT2D eigenvalue weighted by molar-refractivity contribution is -0.158. The highest BCUT2D eigenvalue weighted by atomic mass is 19.2. The Balaban J connectivity index is 1.49. The maximum absolute atomic E-state index is 14.9. The molecule has 0 amide bonds. The zero-order valence-corrected chi connectivity index (χ0v) is 23.8. The van der Waals surface area contributed by atoms with E-state index in [4.69, 9.17) is 9.47 Å². The number of rotatable bonds is 15. The number of carbonyl (C=O) groups excluding carboxylic acids is 1. The molecule has 0 radical (unpaired) electrons. The van der Waals surface area contributed by atoms with Crippen LogP contribution in [0.2, 0.25) is 0 Å². The zero-order chi connectivity index (χ0) is 28.2. The summed E-state index contributed by atoms with van der Waals surface area (Å²) in [5.74, 6) is -2.69. The molecule has 2 aromatic rings. The van der Waals surface area contributed by atoms with Gasteiger partial charge in [0.25, 0.3) is 0 Å². The summed E-state index contributed by atoms with van der Waals surface area (Å²) < 4.78 is 54.7. The molecule has 6 heteroatoms. The van der Waals surface area contributed by atoms with E-state index in [1.165, 1.54) is 31.7 Å². The Labute approximate surface area is 232 Å². The van der Waals surface area contributed by atoms with Crippen LogP contribution in [0.1, 0.15) is 109 Å². The molecule has 39 heavy (non-hydrogen) atoms. The number of esters is 1. The number of ether oxygens (including phenoxy) is 2. The molecule has 0 aliphatic heterocycles. The monoisotopic (exact) mass is 546 g/mol. The normalized spacial score (nSPS) is 18.9. The smallest absolute Gasteiger partial charge is 0.341 e. The lowest BCUT2D eigenvalue weighted by Gasteiger charge is -2.29. The van der Waals surface area contributed by atoms with Crippen molar-refractivity contribution in [2.75, 3.05) is 6.61 Å². The van der Waals surface area contributed by atoms with Crippen molar-refractivity contribution in [3.05, 3.63) is 53.6 Å². The molecule has 3 rings (SSSR count). The van der Waals surface area contributed by atoms with Gasteiger partial charge in [-0.05, 0) is 67.2 Å². The van der Waals surface area contributed by atoms with Crippen molar-refractivity contribution in [2.45, 2.75) is 116 Å². The first-order valence-electron chi connectivity index (χ1n) is 14.9. The minimum absolute atomic E-state index is 0.0421. The molecule has 0 heterocycles. The fourth-order valence-corrected chi connectivity index (χ4v) is 5.22. The Kier molecular flexibility index (Phi) is 12.7. The maximum Gasteiger partial charge on any atom is 0.341 e. The van der Waals surface area contributed by atoms with E-state index >= 15 is 0 Å². The van der Waals surface area contributed by atoms with Gasteiger partial charge in [-0.1, -0.05) is 90.0 Å². The topological polar surface area (TPSA) is 35.5 Å². The highest BCUT2D eigenvalue weighted by molar-refractivity contribution is 5.75. The lowest BCUT2D eigenvalue weighted by Crippen LogP contribution is -2.31. The largest absolute Gasteiger partial charge is 0.490 e. The number of unbranched alkanes of at least 4 members (excludes halogenated alkanes) is 6. The highest BCUT2D eigenvalue weighted by Crippen LogP contribution is 2.36. The van der Waals surface area contributed by atoms with Gasteiger partial charge in [-0.25, -0.2) is 13.6 Å². The zero-order valence-electron chi connectivity index (χ0n) is 23.8. The van der Waals surface area contributed by atoms with Crippen molar-refractivity contribution in [3.8, 4) is 16.9 Å². The van der Waals surface area contributed by atoms with Crippen molar-refractivity contribution in [1.29, 1.82) is 0 Å². The Morgan fingerprint density at radius 2 is 1.51 bits per heavy atom. The molecule has 1 aliphatic carbocycles. The molecule has 1 fully saturated rings. The van der Waals surface area contributed by atoms with Crippen molar-refractivity contribution in [3.63, 3.8) is 0 Å². The van der Waals surface area contributed by atoms with Crippen LogP contribution in [0.4, 0.5) is 13.2 Å². The molecule has 2 aromatic carbocycles. The minimum atomic E-state index is -1.57. The van der Waals surface area contributed by atoms with Crippen LogP contribution in [-0.2, 0) is 9.53 Å². The van der Waals surface area contributed by atoms with Crippen molar-refractivity contribution < 1.29 is 27.4 Å². The van der Waals surface area contributed by atoms with E-state index in [9.17, 15) is 18.0 Å². The third-order valence-corrected chi connectivity index (χ3v) is 8.07. The first-order chi connectivity index (χ1) is 18.8. The van der Waals surface area contributed by atoms with Crippen LogP contribution in [0.15, 0.2) is 36.4 Å². The molecule has 0 aromatic heterocycles. The number of halogens is 3. The Bertz CT molecular complexity index is 1020. The molecule has 0 spiro atoms. The molecule has 3 nitrogen and oxygen atoms in total. The van der Waals surface area contributed by atoms with Crippen LogP contribution < -0.4 is 4.74 Å². The van der Waals surface area contributed by atoms with E-state index in [1.54, 1.807) is 13.0 Å². The van der Waals surface area contributed by atoms with Crippen LogP contribution in [0, 0.1) is 17.6 Å². The van der Waals surface area contributed by atoms with Crippen LogP contribution in [-0.4, -0.2) is 24.9 Å². The number of carbonyl (C=O) groups is 1. The van der Waals surface area contributed by atoms with Gasteiger partial charge in [-0.3, -0.25) is 0 Å². The van der Waals surface area contributed by atoms with E-state index in [-0.39, 0.29) is 29.3 Å². The van der Waals surface area contributed by atoms with Gasteiger partial charge in [0, 0.05) is 5.56 Å². The Hall–Kier alpha value is -2.50. The second-order valence-electron chi connectivity index (χ2n) is 11.0. The summed E-state index contributed by atoms with van der Waals surface area (Å²) in [6, 6.07) is 10.6. The fourth-order valence-electron chi connectivity index (χ4n) is 5.22. The summed E-state index contributed by atoms with van der Waals surface area (Å²) >= 11 is 0. The predicted molar refractivity (Wildman–Crippen MR) is 151 cm³/mol. The third-order valence-electron chi connectivity index (χ3n) is 8.07. The number of alkyl halides is 1. The fraction of sp³-hybridized carbons (Fsp3) is 0.606. The van der Waals surface area contributed by atoms with E-state index in [2.05, 4.69) is 6.92 Å². The molecular weight excluding hydrogens is 501 g/mol. The molecule has 2 atom stereocenters. The quantitative estimate of drug-likeness (QED) is 0.165. The summed E-state index contributed by atoms with van der Waals surface area (Å²) in [4.78, 5) is 12.1. The molecule has 0 saturated heterocycles. The molecule has 1 saturated carbocycles. The Morgan fingerprint density at radius 1 is 0.872 bits per heavy atom.